The van der Waals surface area contributed by atoms with Gasteiger partial charge in [0.1, 0.15) is 16.4 Å². The minimum Gasteiger partial charge on any atom is -0.493 e. The van der Waals surface area contributed by atoms with Crippen molar-refractivity contribution in [1.29, 1.82) is 0 Å². The van der Waals surface area contributed by atoms with Gasteiger partial charge in [0.2, 0.25) is 0 Å². The molecule has 0 fully saturated rings. The summed E-state index contributed by atoms with van der Waals surface area (Å²) in [6, 6.07) is 10.6. The first-order valence-electron chi connectivity index (χ1n) is 8.35. The summed E-state index contributed by atoms with van der Waals surface area (Å²) in [5.41, 5.74) is 0.759. The molecule has 2 rings (SSSR count). The van der Waals surface area contributed by atoms with Crippen molar-refractivity contribution >= 4 is 27.7 Å². The van der Waals surface area contributed by atoms with Crippen LogP contribution < -0.4 is 8.92 Å². The summed E-state index contributed by atoms with van der Waals surface area (Å²) in [6.07, 6.45) is 1.33. The molecule has 27 heavy (non-hydrogen) atoms. The molecular weight excluding hydrogens is 392 g/mol. The predicted octanol–water partition coefficient (Wildman–Crippen LogP) is 3.81. The van der Waals surface area contributed by atoms with E-state index in [1.165, 1.54) is 31.4 Å². The summed E-state index contributed by atoms with van der Waals surface area (Å²) >= 11 is 5.64. The Labute approximate surface area is 164 Å². The molecule has 0 bridgehead atoms. The summed E-state index contributed by atoms with van der Waals surface area (Å²) in [5, 5.41) is 0. The highest BCUT2D eigenvalue weighted by atomic mass is 35.5. The Bertz CT molecular complexity index is 895. The minimum absolute atomic E-state index is 0.0924. The number of esters is 1. The quantitative estimate of drug-likeness (QED) is 0.269. The molecule has 2 aromatic carbocycles. The lowest BCUT2D eigenvalue weighted by atomic mass is 10.1. The van der Waals surface area contributed by atoms with E-state index < -0.39 is 16.1 Å². The molecule has 0 aliphatic rings. The van der Waals surface area contributed by atoms with Gasteiger partial charge in [0, 0.05) is 11.9 Å². The van der Waals surface area contributed by atoms with Crippen LogP contribution in [-0.2, 0) is 21.3 Å². The summed E-state index contributed by atoms with van der Waals surface area (Å²) in [5.74, 6) is 0.307. The van der Waals surface area contributed by atoms with Gasteiger partial charge in [-0.2, -0.15) is 8.42 Å². The summed E-state index contributed by atoms with van der Waals surface area (Å²) < 4.78 is 41.0. The maximum absolute atomic E-state index is 12.7. The van der Waals surface area contributed by atoms with Crippen molar-refractivity contribution in [3.05, 3.63) is 53.6 Å². The first kappa shape index (κ1) is 21.1. The monoisotopic (exact) mass is 412 g/mol. The molecule has 8 heteroatoms. The number of benzene rings is 2. The van der Waals surface area contributed by atoms with Crippen LogP contribution in [0.1, 0.15) is 29.3 Å². The molecule has 0 heterocycles. The van der Waals surface area contributed by atoms with Crippen molar-refractivity contribution in [1.82, 2.24) is 0 Å². The molecule has 0 unspecified atom stereocenters. The van der Waals surface area contributed by atoms with Crippen LogP contribution in [0.2, 0.25) is 0 Å². The Balaban J connectivity index is 2.35. The first-order valence-corrected chi connectivity index (χ1v) is 10.3. The summed E-state index contributed by atoms with van der Waals surface area (Å²) in [6.45, 7) is 2.34. The van der Waals surface area contributed by atoms with Crippen LogP contribution in [0.4, 0.5) is 0 Å². The number of aryl methyl sites for hydroxylation is 1. The van der Waals surface area contributed by atoms with E-state index in [-0.39, 0.29) is 16.2 Å². The number of ether oxygens (including phenoxy) is 2. The number of hydrogen-bond donors (Lipinski definition) is 0. The van der Waals surface area contributed by atoms with E-state index in [9.17, 15) is 13.2 Å². The minimum atomic E-state index is -4.24. The number of carbonyl (C=O) groups is 1. The van der Waals surface area contributed by atoms with Gasteiger partial charge in [-0.15, -0.1) is 11.6 Å². The Morgan fingerprint density at radius 2 is 1.81 bits per heavy atom. The van der Waals surface area contributed by atoms with Crippen LogP contribution in [0.3, 0.4) is 0 Å². The van der Waals surface area contributed by atoms with Gasteiger partial charge in [-0.05, 0) is 42.7 Å². The fraction of sp³-hybridized carbons (Fsp3) is 0.316. The molecule has 0 aliphatic carbocycles. The van der Waals surface area contributed by atoms with Gasteiger partial charge in [0.25, 0.3) is 0 Å². The third kappa shape index (κ3) is 5.61. The number of carbonyl (C=O) groups excluding carboxylic acids is 1. The topological polar surface area (TPSA) is 78.9 Å². The van der Waals surface area contributed by atoms with Gasteiger partial charge >= 0.3 is 16.1 Å². The number of hydrogen-bond acceptors (Lipinski definition) is 6. The lowest BCUT2D eigenvalue weighted by Gasteiger charge is -2.13. The molecule has 0 amide bonds. The molecule has 6 nitrogen and oxygen atoms in total. The Morgan fingerprint density at radius 1 is 1.11 bits per heavy atom. The molecule has 0 radical (unpaired) electrons. The van der Waals surface area contributed by atoms with Crippen LogP contribution in [-0.4, -0.2) is 34.0 Å². The van der Waals surface area contributed by atoms with Crippen LogP contribution in [0.25, 0.3) is 0 Å². The molecule has 0 saturated carbocycles. The highest BCUT2D eigenvalue weighted by Gasteiger charge is 2.25. The standard InChI is InChI=1S/C19H21ClO6S/c1-3-14-11-15(25-10-6-9-20)13-16(12-14)26-27(22,23)18-8-5-4-7-17(18)19(21)24-2/h4-5,7-8,11-13H,3,6,9-10H2,1-2H3. The van der Waals surface area contributed by atoms with Crippen LogP contribution in [0.15, 0.2) is 47.4 Å². The van der Waals surface area contributed by atoms with Gasteiger partial charge in [-0.3, -0.25) is 0 Å². The Hall–Kier alpha value is -2.25. The van der Waals surface area contributed by atoms with Crippen molar-refractivity contribution in [2.24, 2.45) is 0 Å². The Morgan fingerprint density at radius 3 is 2.48 bits per heavy atom. The van der Waals surface area contributed by atoms with E-state index in [4.69, 9.17) is 20.5 Å². The molecule has 0 N–H and O–H groups in total. The number of methoxy groups -OCH3 is 1. The average molecular weight is 413 g/mol. The SMILES string of the molecule is CCc1cc(OCCCCl)cc(OS(=O)(=O)c2ccccc2C(=O)OC)c1. The smallest absolute Gasteiger partial charge is 0.340 e. The normalized spacial score (nSPS) is 11.1. The van der Waals surface area contributed by atoms with E-state index in [1.54, 1.807) is 12.1 Å². The fourth-order valence-corrected chi connectivity index (χ4v) is 3.56. The summed E-state index contributed by atoms with van der Waals surface area (Å²) in [7, 11) is -3.06. The van der Waals surface area contributed by atoms with Gasteiger partial charge in [0.05, 0.1) is 19.3 Å². The second kappa shape index (κ2) is 9.62. The van der Waals surface area contributed by atoms with Gasteiger partial charge in [0.15, 0.2) is 0 Å². The van der Waals surface area contributed by atoms with E-state index in [2.05, 4.69) is 4.74 Å². The van der Waals surface area contributed by atoms with Crippen LogP contribution in [0, 0.1) is 0 Å². The zero-order valence-electron chi connectivity index (χ0n) is 15.1. The zero-order valence-corrected chi connectivity index (χ0v) is 16.7. The second-order valence-corrected chi connectivity index (χ2v) is 7.48. The van der Waals surface area contributed by atoms with Gasteiger partial charge in [-0.1, -0.05) is 19.1 Å². The molecule has 0 spiro atoms. The first-order chi connectivity index (χ1) is 12.9. The third-order valence-electron chi connectivity index (χ3n) is 3.66. The molecule has 2 aromatic rings. The van der Waals surface area contributed by atoms with E-state index in [0.29, 0.717) is 31.1 Å². The number of halogens is 1. The molecule has 0 atom stereocenters. The van der Waals surface area contributed by atoms with Crippen molar-refractivity contribution in [2.45, 2.75) is 24.7 Å². The van der Waals surface area contributed by atoms with Gasteiger partial charge in [-0.25, -0.2) is 4.79 Å². The van der Waals surface area contributed by atoms with E-state index in [1.807, 2.05) is 13.0 Å². The second-order valence-electron chi connectivity index (χ2n) is 5.58. The molecule has 0 saturated heterocycles. The van der Waals surface area contributed by atoms with Crippen molar-refractivity contribution in [3.8, 4) is 11.5 Å². The number of alkyl halides is 1. The van der Waals surface area contributed by atoms with Crippen molar-refractivity contribution in [2.75, 3.05) is 19.6 Å². The average Bonchev–Trinajstić information content (AvgIpc) is 2.67. The highest BCUT2D eigenvalue weighted by molar-refractivity contribution is 7.87. The zero-order chi connectivity index (χ0) is 19.9. The fourth-order valence-electron chi connectivity index (χ4n) is 2.35. The third-order valence-corrected chi connectivity index (χ3v) is 5.24. The lowest BCUT2D eigenvalue weighted by Crippen LogP contribution is -2.15. The van der Waals surface area contributed by atoms with Crippen molar-refractivity contribution in [3.63, 3.8) is 0 Å². The maximum atomic E-state index is 12.7. The lowest BCUT2D eigenvalue weighted by molar-refractivity contribution is 0.0596. The molecule has 0 aromatic heterocycles. The van der Waals surface area contributed by atoms with Gasteiger partial charge < -0.3 is 13.7 Å². The van der Waals surface area contributed by atoms with E-state index >= 15 is 0 Å². The molecule has 146 valence electrons. The van der Waals surface area contributed by atoms with Crippen molar-refractivity contribution < 1.29 is 26.9 Å². The highest BCUT2D eigenvalue weighted by Crippen LogP contribution is 2.27. The molecular formula is C19H21ClO6S. The molecule has 0 aliphatic heterocycles. The number of rotatable bonds is 9. The summed E-state index contributed by atoms with van der Waals surface area (Å²) in [4.78, 5) is 11.6. The van der Waals surface area contributed by atoms with Crippen LogP contribution in [0.5, 0.6) is 11.5 Å². The Kier molecular flexibility index (Phi) is 7.50. The van der Waals surface area contributed by atoms with E-state index in [0.717, 1.165) is 5.56 Å². The van der Waals surface area contributed by atoms with Crippen LogP contribution >= 0.6 is 11.6 Å². The largest absolute Gasteiger partial charge is 0.493 e. The predicted molar refractivity (Wildman–Crippen MR) is 102 cm³/mol. The maximum Gasteiger partial charge on any atom is 0.340 e.